The zero-order valence-electron chi connectivity index (χ0n) is 9.49. The molecule has 5 heteroatoms. The van der Waals surface area contributed by atoms with Crippen LogP contribution in [-0.2, 0) is 6.42 Å². The normalized spacial score (nSPS) is 10.9. The zero-order valence-corrected chi connectivity index (χ0v) is 11.1. The fourth-order valence-electron chi connectivity index (χ4n) is 1.42. The highest BCUT2D eigenvalue weighted by Gasteiger charge is 2.09. The van der Waals surface area contributed by atoms with Crippen LogP contribution in [0.2, 0.25) is 0 Å². The summed E-state index contributed by atoms with van der Waals surface area (Å²) in [7, 11) is 0. The summed E-state index contributed by atoms with van der Waals surface area (Å²) < 4.78 is 0. The molecule has 0 aromatic carbocycles. The summed E-state index contributed by atoms with van der Waals surface area (Å²) in [4.78, 5) is 0. The van der Waals surface area contributed by atoms with Gasteiger partial charge >= 0.3 is 0 Å². The van der Waals surface area contributed by atoms with E-state index in [1.807, 2.05) is 0 Å². The number of hydrogen-bond donors (Lipinski definition) is 1. The molecule has 0 bridgehead atoms. The summed E-state index contributed by atoms with van der Waals surface area (Å²) in [6, 6.07) is 0. The second-order valence-electron chi connectivity index (χ2n) is 3.57. The maximum absolute atomic E-state index is 4.25. The van der Waals surface area contributed by atoms with Crippen LogP contribution in [-0.4, -0.2) is 23.3 Å². The molecule has 2 aromatic heterocycles. The largest absolute Gasteiger partial charge is 0.317 e. The number of likely N-dealkylation sites (N-methyl/N-ethyl adjacent to an activating group) is 1. The van der Waals surface area contributed by atoms with Crippen molar-refractivity contribution in [1.29, 1.82) is 0 Å². The Labute approximate surface area is 104 Å². The van der Waals surface area contributed by atoms with Gasteiger partial charge in [-0.2, -0.15) is 11.3 Å². The molecule has 0 aliphatic carbocycles. The van der Waals surface area contributed by atoms with Crippen molar-refractivity contribution in [1.82, 2.24) is 15.5 Å². The third kappa shape index (κ3) is 2.66. The lowest BCUT2D eigenvalue weighted by atomic mass is 10.2. The number of aromatic nitrogens is 2. The Morgan fingerprint density at radius 1 is 1.31 bits per heavy atom. The van der Waals surface area contributed by atoms with Crippen LogP contribution >= 0.6 is 22.7 Å². The summed E-state index contributed by atoms with van der Waals surface area (Å²) in [5, 5.41) is 18.2. The molecule has 0 unspecified atom stereocenters. The lowest BCUT2D eigenvalue weighted by Gasteiger charge is -1.96. The van der Waals surface area contributed by atoms with Crippen molar-refractivity contribution in [3.63, 3.8) is 0 Å². The molecule has 3 nitrogen and oxygen atoms in total. The Kier molecular flexibility index (Phi) is 4.04. The van der Waals surface area contributed by atoms with E-state index in [1.165, 1.54) is 11.1 Å². The highest BCUT2D eigenvalue weighted by molar-refractivity contribution is 7.15. The van der Waals surface area contributed by atoms with Crippen molar-refractivity contribution in [2.75, 3.05) is 13.1 Å². The van der Waals surface area contributed by atoms with Gasteiger partial charge in [0.2, 0.25) is 0 Å². The van der Waals surface area contributed by atoms with Gasteiger partial charge < -0.3 is 5.32 Å². The Bertz CT molecular complexity index is 448. The van der Waals surface area contributed by atoms with E-state index in [-0.39, 0.29) is 0 Å². The fourth-order valence-corrected chi connectivity index (χ4v) is 3.24. The van der Waals surface area contributed by atoms with Gasteiger partial charge in [0.25, 0.3) is 0 Å². The topological polar surface area (TPSA) is 37.8 Å². The number of rotatable bonds is 5. The monoisotopic (exact) mass is 253 g/mol. The molecule has 0 atom stereocenters. The van der Waals surface area contributed by atoms with E-state index in [1.54, 1.807) is 22.7 Å². The average molecular weight is 253 g/mol. The van der Waals surface area contributed by atoms with Crippen LogP contribution in [0.15, 0.2) is 10.8 Å². The third-order valence-corrected chi connectivity index (χ3v) is 4.20. The summed E-state index contributed by atoms with van der Waals surface area (Å²) in [5.41, 5.74) is 2.52. The van der Waals surface area contributed by atoms with Crippen molar-refractivity contribution < 1.29 is 0 Å². The van der Waals surface area contributed by atoms with Gasteiger partial charge in [0.15, 0.2) is 0 Å². The molecule has 0 saturated carbocycles. The van der Waals surface area contributed by atoms with Crippen molar-refractivity contribution in [2.45, 2.75) is 20.3 Å². The summed E-state index contributed by atoms with van der Waals surface area (Å²) in [5.74, 6) is 0. The van der Waals surface area contributed by atoms with E-state index in [4.69, 9.17) is 0 Å². The Hall–Kier alpha value is -0.780. The van der Waals surface area contributed by atoms with Crippen LogP contribution in [0.4, 0.5) is 0 Å². The minimum Gasteiger partial charge on any atom is -0.317 e. The maximum atomic E-state index is 4.25. The quantitative estimate of drug-likeness (QED) is 0.833. The smallest absolute Gasteiger partial charge is 0.148 e. The Morgan fingerprint density at radius 2 is 2.19 bits per heavy atom. The summed E-state index contributed by atoms with van der Waals surface area (Å²) in [6.07, 6.45) is 0.967. The molecule has 0 saturated heterocycles. The summed E-state index contributed by atoms with van der Waals surface area (Å²) >= 11 is 3.42. The Morgan fingerprint density at radius 3 is 2.88 bits per heavy atom. The van der Waals surface area contributed by atoms with Crippen LogP contribution in [0.3, 0.4) is 0 Å². The molecule has 0 aliphatic rings. The van der Waals surface area contributed by atoms with E-state index < -0.39 is 0 Å². The molecule has 86 valence electrons. The molecule has 0 radical (unpaired) electrons. The van der Waals surface area contributed by atoms with Crippen LogP contribution in [0.5, 0.6) is 0 Å². The minimum absolute atomic E-state index is 0.967. The van der Waals surface area contributed by atoms with E-state index in [2.05, 4.69) is 40.1 Å². The first-order valence-electron chi connectivity index (χ1n) is 5.37. The molecule has 0 aliphatic heterocycles. The lowest BCUT2D eigenvalue weighted by Crippen LogP contribution is -2.15. The lowest BCUT2D eigenvalue weighted by molar-refractivity contribution is 0.710. The Balaban J connectivity index is 2.05. The van der Waals surface area contributed by atoms with E-state index in [9.17, 15) is 0 Å². The minimum atomic E-state index is 0.967. The van der Waals surface area contributed by atoms with Crippen molar-refractivity contribution in [2.24, 2.45) is 0 Å². The van der Waals surface area contributed by atoms with Crippen LogP contribution in [0.1, 0.15) is 17.5 Å². The van der Waals surface area contributed by atoms with Crippen molar-refractivity contribution in [3.05, 3.63) is 21.3 Å². The maximum Gasteiger partial charge on any atom is 0.148 e. The van der Waals surface area contributed by atoms with Gasteiger partial charge in [0.05, 0.1) is 0 Å². The highest BCUT2D eigenvalue weighted by atomic mass is 32.1. The predicted molar refractivity (Wildman–Crippen MR) is 70.2 cm³/mol. The van der Waals surface area contributed by atoms with Gasteiger partial charge in [-0.3, -0.25) is 0 Å². The van der Waals surface area contributed by atoms with Gasteiger partial charge in [-0.25, -0.2) is 0 Å². The van der Waals surface area contributed by atoms with Gasteiger partial charge in [0, 0.05) is 23.9 Å². The highest BCUT2D eigenvalue weighted by Crippen LogP contribution is 2.29. The fraction of sp³-hybridized carbons (Fsp3) is 0.455. The molecular formula is C11H15N3S2. The SMILES string of the molecule is CCNCCc1nnc(-c2cscc2C)s1. The first kappa shape index (κ1) is 11.7. The molecule has 2 rings (SSSR count). The molecule has 1 N–H and O–H groups in total. The van der Waals surface area contributed by atoms with Crippen molar-refractivity contribution >= 4 is 22.7 Å². The van der Waals surface area contributed by atoms with Crippen LogP contribution in [0.25, 0.3) is 10.6 Å². The molecule has 16 heavy (non-hydrogen) atoms. The molecular weight excluding hydrogens is 238 g/mol. The summed E-state index contributed by atoms with van der Waals surface area (Å²) in [6.45, 7) is 6.22. The standard InChI is InChI=1S/C11H15N3S2/c1-3-12-5-4-10-13-14-11(16-10)9-7-15-6-8(9)2/h6-7,12H,3-5H2,1-2H3. The van der Waals surface area contributed by atoms with Crippen LogP contribution < -0.4 is 5.32 Å². The van der Waals surface area contributed by atoms with Gasteiger partial charge in [-0.05, 0) is 24.4 Å². The first-order valence-corrected chi connectivity index (χ1v) is 7.13. The molecule has 0 amide bonds. The molecule has 2 heterocycles. The number of aryl methyl sites for hydroxylation is 1. The first-order chi connectivity index (χ1) is 7.81. The number of nitrogens with zero attached hydrogens (tertiary/aromatic N) is 2. The third-order valence-electron chi connectivity index (χ3n) is 2.32. The van der Waals surface area contributed by atoms with E-state index >= 15 is 0 Å². The number of hydrogen-bond acceptors (Lipinski definition) is 5. The van der Waals surface area contributed by atoms with Crippen molar-refractivity contribution in [3.8, 4) is 10.6 Å². The number of thiophene rings is 1. The molecule has 0 fully saturated rings. The van der Waals surface area contributed by atoms with E-state index in [0.717, 1.165) is 29.5 Å². The van der Waals surface area contributed by atoms with E-state index in [0.29, 0.717) is 0 Å². The van der Waals surface area contributed by atoms with Gasteiger partial charge in [-0.1, -0.05) is 18.3 Å². The van der Waals surface area contributed by atoms with Gasteiger partial charge in [0.1, 0.15) is 10.0 Å². The molecule has 0 spiro atoms. The second-order valence-corrected chi connectivity index (χ2v) is 5.38. The average Bonchev–Trinajstić information content (AvgIpc) is 2.87. The predicted octanol–water partition coefficient (Wildman–Crippen LogP) is 2.73. The second kappa shape index (κ2) is 5.52. The number of nitrogens with one attached hydrogen (secondary N) is 1. The zero-order chi connectivity index (χ0) is 11.4. The van der Waals surface area contributed by atoms with Gasteiger partial charge in [-0.15, -0.1) is 10.2 Å². The van der Waals surface area contributed by atoms with Crippen LogP contribution in [0, 0.1) is 6.92 Å². The molecule has 2 aromatic rings.